The van der Waals surface area contributed by atoms with Crippen LogP contribution >= 0.6 is 11.6 Å². The number of rotatable bonds is 4. The van der Waals surface area contributed by atoms with Crippen LogP contribution in [0.1, 0.15) is 13.8 Å². The first kappa shape index (κ1) is 12.5. The van der Waals surface area contributed by atoms with Gasteiger partial charge in [-0.25, -0.2) is 9.97 Å². The fourth-order valence-electron chi connectivity index (χ4n) is 1.33. The predicted octanol–water partition coefficient (Wildman–Crippen LogP) is 1.70. The number of nitrogens with zero attached hydrogens (tertiary/aromatic N) is 4. The van der Waals surface area contributed by atoms with E-state index >= 15 is 0 Å². The average Bonchev–Trinajstić information content (AvgIpc) is 2.29. The van der Waals surface area contributed by atoms with Crippen molar-refractivity contribution in [1.82, 2.24) is 9.97 Å². The highest BCUT2D eigenvalue weighted by Crippen LogP contribution is 2.27. The van der Waals surface area contributed by atoms with Gasteiger partial charge in [0.1, 0.15) is 17.2 Å². The van der Waals surface area contributed by atoms with E-state index in [1.54, 1.807) is 0 Å². The van der Waals surface area contributed by atoms with Crippen molar-refractivity contribution in [2.75, 3.05) is 23.7 Å². The summed E-state index contributed by atoms with van der Waals surface area (Å²) in [4.78, 5) is 9.80. The van der Waals surface area contributed by atoms with Crippen molar-refractivity contribution in [3.63, 3.8) is 0 Å². The molecule has 1 rings (SSSR count). The van der Waals surface area contributed by atoms with Crippen LogP contribution in [0.3, 0.4) is 0 Å². The molecule has 0 saturated heterocycles. The lowest BCUT2D eigenvalue weighted by Gasteiger charge is -2.23. The third kappa shape index (κ3) is 2.74. The summed E-state index contributed by atoms with van der Waals surface area (Å²) in [6.45, 7) is 5.10. The van der Waals surface area contributed by atoms with Crippen molar-refractivity contribution >= 4 is 23.2 Å². The molecule has 0 aliphatic rings. The van der Waals surface area contributed by atoms with Crippen LogP contribution in [0, 0.1) is 17.2 Å². The molecule has 0 aromatic carbocycles. The molecule has 2 N–H and O–H groups in total. The maximum atomic E-state index is 8.78. The maximum absolute atomic E-state index is 8.78. The predicted molar refractivity (Wildman–Crippen MR) is 64.1 cm³/mol. The van der Waals surface area contributed by atoms with E-state index < -0.39 is 0 Å². The number of aromatic nitrogens is 2. The van der Waals surface area contributed by atoms with Gasteiger partial charge in [-0.1, -0.05) is 11.6 Å². The van der Waals surface area contributed by atoms with E-state index in [-0.39, 0.29) is 11.7 Å². The normalized spacial score (nSPS) is 11.9. The lowest BCUT2D eigenvalue weighted by Crippen LogP contribution is -2.29. The summed E-state index contributed by atoms with van der Waals surface area (Å²) in [5.74, 6) is 0.751. The first-order chi connectivity index (χ1) is 7.60. The Bertz CT molecular complexity index is 401. The van der Waals surface area contributed by atoms with Gasteiger partial charge in [0, 0.05) is 13.1 Å². The third-order valence-electron chi connectivity index (χ3n) is 2.19. The minimum absolute atomic E-state index is 0.0905. The van der Waals surface area contributed by atoms with Gasteiger partial charge in [-0.3, -0.25) is 0 Å². The maximum Gasteiger partial charge on any atom is 0.153 e. The molecule has 1 heterocycles. The zero-order valence-electron chi connectivity index (χ0n) is 9.31. The molecule has 1 aromatic heterocycles. The van der Waals surface area contributed by atoms with Gasteiger partial charge in [-0.2, -0.15) is 5.26 Å². The van der Waals surface area contributed by atoms with Crippen LogP contribution in [0.4, 0.5) is 11.6 Å². The van der Waals surface area contributed by atoms with Gasteiger partial charge in [0.05, 0.1) is 12.0 Å². The van der Waals surface area contributed by atoms with Gasteiger partial charge in [0.2, 0.25) is 0 Å². The fraction of sp³-hybridized carbons (Fsp3) is 0.500. The summed E-state index contributed by atoms with van der Waals surface area (Å²) in [5, 5.41) is 9.13. The monoisotopic (exact) mass is 239 g/mol. The van der Waals surface area contributed by atoms with Gasteiger partial charge in [0.15, 0.2) is 5.82 Å². The smallest absolute Gasteiger partial charge is 0.153 e. The molecule has 0 saturated carbocycles. The van der Waals surface area contributed by atoms with Gasteiger partial charge < -0.3 is 10.6 Å². The second-order valence-electron chi connectivity index (χ2n) is 3.47. The van der Waals surface area contributed by atoms with Crippen molar-refractivity contribution in [3.05, 3.63) is 11.3 Å². The van der Waals surface area contributed by atoms with E-state index in [4.69, 9.17) is 22.6 Å². The molecule has 6 heteroatoms. The van der Waals surface area contributed by atoms with E-state index in [0.29, 0.717) is 23.9 Å². The van der Waals surface area contributed by atoms with Crippen LogP contribution in [0.25, 0.3) is 0 Å². The molecule has 0 amide bonds. The Morgan fingerprint density at radius 1 is 1.62 bits per heavy atom. The van der Waals surface area contributed by atoms with Gasteiger partial charge in [-0.05, 0) is 13.8 Å². The van der Waals surface area contributed by atoms with Crippen LogP contribution in [-0.2, 0) is 0 Å². The number of nitrogen functional groups attached to an aromatic ring is 1. The summed E-state index contributed by atoms with van der Waals surface area (Å²) in [6.07, 6.45) is 1.37. The second kappa shape index (κ2) is 5.52. The molecule has 0 radical (unpaired) electrons. The highest BCUT2D eigenvalue weighted by Gasteiger charge is 2.15. The Morgan fingerprint density at radius 2 is 2.31 bits per heavy atom. The molecule has 0 bridgehead atoms. The number of anilines is 2. The summed E-state index contributed by atoms with van der Waals surface area (Å²) >= 11 is 6.02. The summed E-state index contributed by atoms with van der Waals surface area (Å²) in [6, 6.07) is 2.17. The molecule has 5 nitrogen and oxygen atoms in total. The molecular weight excluding hydrogens is 226 g/mol. The Balaban J connectivity index is 2.96. The van der Waals surface area contributed by atoms with Crippen molar-refractivity contribution in [3.8, 4) is 6.07 Å². The van der Waals surface area contributed by atoms with Gasteiger partial charge >= 0.3 is 0 Å². The van der Waals surface area contributed by atoms with E-state index in [1.165, 1.54) is 6.33 Å². The summed E-state index contributed by atoms with van der Waals surface area (Å²) in [5.41, 5.74) is 5.60. The SMILES string of the molecule is CCN(CC(C)C#N)c1ncnc(N)c1Cl. The van der Waals surface area contributed by atoms with Crippen LogP contribution in [0.5, 0.6) is 0 Å². The number of nitrogens with two attached hydrogens (primary N) is 1. The first-order valence-electron chi connectivity index (χ1n) is 5.00. The van der Waals surface area contributed by atoms with Crippen LogP contribution in [0.2, 0.25) is 5.02 Å². The second-order valence-corrected chi connectivity index (χ2v) is 3.84. The molecule has 1 aromatic rings. The molecule has 0 aliphatic heterocycles. The van der Waals surface area contributed by atoms with Crippen LogP contribution in [-0.4, -0.2) is 23.1 Å². The van der Waals surface area contributed by atoms with E-state index in [9.17, 15) is 0 Å². The number of hydrogen-bond donors (Lipinski definition) is 1. The number of hydrogen-bond acceptors (Lipinski definition) is 5. The van der Waals surface area contributed by atoms with Crippen molar-refractivity contribution in [2.45, 2.75) is 13.8 Å². The van der Waals surface area contributed by atoms with Crippen molar-refractivity contribution in [2.24, 2.45) is 5.92 Å². The van der Waals surface area contributed by atoms with Crippen molar-refractivity contribution < 1.29 is 0 Å². The highest BCUT2D eigenvalue weighted by molar-refractivity contribution is 6.35. The molecule has 1 unspecified atom stereocenters. The molecule has 1 atom stereocenters. The third-order valence-corrected chi connectivity index (χ3v) is 2.56. The Hall–Kier alpha value is -1.54. The molecule has 0 aliphatic carbocycles. The minimum atomic E-state index is -0.0905. The topological polar surface area (TPSA) is 78.8 Å². The first-order valence-corrected chi connectivity index (χ1v) is 5.38. The summed E-state index contributed by atoms with van der Waals surface area (Å²) < 4.78 is 0. The Labute approximate surface area is 99.9 Å². The standard InChI is InChI=1S/C10H14ClN5/c1-3-16(5-7(2)4-12)10-8(11)9(13)14-6-15-10/h6-7H,3,5H2,1-2H3,(H2,13,14,15). The van der Waals surface area contributed by atoms with E-state index in [1.807, 2.05) is 18.7 Å². The fourth-order valence-corrected chi connectivity index (χ4v) is 1.55. The van der Waals surface area contributed by atoms with Gasteiger partial charge in [-0.15, -0.1) is 0 Å². The zero-order valence-corrected chi connectivity index (χ0v) is 10.1. The van der Waals surface area contributed by atoms with Crippen LogP contribution in [0.15, 0.2) is 6.33 Å². The average molecular weight is 240 g/mol. The molecule has 0 spiro atoms. The van der Waals surface area contributed by atoms with Gasteiger partial charge in [0.25, 0.3) is 0 Å². The van der Waals surface area contributed by atoms with Crippen LogP contribution < -0.4 is 10.6 Å². The lowest BCUT2D eigenvalue weighted by atomic mass is 10.2. The molecule has 0 fully saturated rings. The molecule has 86 valence electrons. The van der Waals surface area contributed by atoms with E-state index in [0.717, 1.165) is 0 Å². The zero-order chi connectivity index (χ0) is 12.1. The van der Waals surface area contributed by atoms with E-state index in [2.05, 4.69) is 16.0 Å². The minimum Gasteiger partial charge on any atom is -0.382 e. The summed E-state index contributed by atoms with van der Waals surface area (Å²) in [7, 11) is 0. The Kier molecular flexibility index (Phi) is 4.32. The Morgan fingerprint density at radius 3 is 2.88 bits per heavy atom. The lowest BCUT2D eigenvalue weighted by molar-refractivity contribution is 0.679. The molecular formula is C10H14ClN5. The highest BCUT2D eigenvalue weighted by atomic mass is 35.5. The molecule has 16 heavy (non-hydrogen) atoms. The number of nitriles is 1. The number of halogens is 1. The largest absolute Gasteiger partial charge is 0.382 e. The van der Waals surface area contributed by atoms with Crippen molar-refractivity contribution in [1.29, 1.82) is 5.26 Å². The quantitative estimate of drug-likeness (QED) is 0.865.